The van der Waals surface area contributed by atoms with E-state index in [4.69, 9.17) is 4.74 Å². The number of ether oxygens (including phenoxy) is 1. The van der Waals surface area contributed by atoms with Gasteiger partial charge in [-0.1, -0.05) is 18.2 Å². The lowest BCUT2D eigenvalue weighted by molar-refractivity contribution is -0.133. The second-order valence-electron chi connectivity index (χ2n) is 6.73. The molecule has 0 unspecified atom stereocenters. The molecule has 1 aromatic carbocycles. The molecule has 7 nitrogen and oxygen atoms in total. The average Bonchev–Trinajstić information content (AvgIpc) is 3.33. The zero-order valence-corrected chi connectivity index (χ0v) is 14.0. The van der Waals surface area contributed by atoms with E-state index in [0.29, 0.717) is 31.8 Å². The fourth-order valence-corrected chi connectivity index (χ4v) is 3.91. The Morgan fingerprint density at radius 1 is 1.12 bits per heavy atom. The largest absolute Gasteiger partial charge is 0.484 e. The van der Waals surface area contributed by atoms with Crippen molar-refractivity contribution < 1.29 is 19.1 Å². The molecule has 132 valence electrons. The Morgan fingerprint density at radius 3 is 2.68 bits per heavy atom. The minimum atomic E-state index is -0.279. The number of amides is 4. The number of hydrogen-bond acceptors (Lipinski definition) is 4. The fourth-order valence-electron chi connectivity index (χ4n) is 3.91. The van der Waals surface area contributed by atoms with Gasteiger partial charge in [0.1, 0.15) is 11.8 Å². The van der Waals surface area contributed by atoms with Crippen molar-refractivity contribution in [2.45, 2.75) is 31.3 Å². The first-order chi connectivity index (χ1) is 12.1. The molecule has 0 radical (unpaired) electrons. The van der Waals surface area contributed by atoms with Gasteiger partial charge in [-0.2, -0.15) is 0 Å². The average molecular weight is 343 g/mol. The van der Waals surface area contributed by atoms with Crippen molar-refractivity contribution in [2.75, 3.05) is 26.2 Å². The summed E-state index contributed by atoms with van der Waals surface area (Å²) in [6, 6.07) is 8.50. The van der Waals surface area contributed by atoms with Crippen LogP contribution in [0.2, 0.25) is 0 Å². The van der Waals surface area contributed by atoms with Gasteiger partial charge in [0.25, 0.3) is 11.8 Å². The van der Waals surface area contributed by atoms with Crippen LogP contribution >= 0.6 is 0 Å². The standard InChI is InChI=1S/C18H21N3O4/c22-16(12-25-14-5-2-1-3-6-14)19-10-8-13(11-19)21-17(23)15-7-4-9-20(15)18(21)24/h1-3,5-6,13,15H,4,7-12H2/t13-,15+/m0/s1. The molecule has 0 bridgehead atoms. The highest BCUT2D eigenvalue weighted by Crippen LogP contribution is 2.31. The van der Waals surface area contributed by atoms with E-state index in [2.05, 4.69) is 0 Å². The molecule has 3 aliphatic rings. The fraction of sp³-hybridized carbons (Fsp3) is 0.500. The number of rotatable bonds is 4. The van der Waals surface area contributed by atoms with Gasteiger partial charge in [-0.25, -0.2) is 4.79 Å². The number of imide groups is 1. The van der Waals surface area contributed by atoms with Crippen molar-refractivity contribution in [3.63, 3.8) is 0 Å². The smallest absolute Gasteiger partial charge is 0.327 e. The number of likely N-dealkylation sites (tertiary alicyclic amines) is 1. The summed E-state index contributed by atoms with van der Waals surface area (Å²) in [4.78, 5) is 42.1. The number of hydrogen-bond donors (Lipinski definition) is 0. The van der Waals surface area contributed by atoms with Crippen LogP contribution < -0.4 is 4.74 Å². The highest BCUT2D eigenvalue weighted by molar-refractivity contribution is 6.05. The highest BCUT2D eigenvalue weighted by atomic mass is 16.5. The predicted octanol–water partition coefficient (Wildman–Crippen LogP) is 1.09. The summed E-state index contributed by atoms with van der Waals surface area (Å²) < 4.78 is 5.50. The summed E-state index contributed by atoms with van der Waals surface area (Å²) in [5.74, 6) is 0.436. The molecule has 7 heteroatoms. The Hall–Kier alpha value is -2.57. The Morgan fingerprint density at radius 2 is 1.92 bits per heavy atom. The quantitative estimate of drug-likeness (QED) is 0.768. The van der Waals surface area contributed by atoms with Gasteiger partial charge in [-0.15, -0.1) is 0 Å². The van der Waals surface area contributed by atoms with E-state index in [1.54, 1.807) is 21.9 Å². The first-order valence-corrected chi connectivity index (χ1v) is 8.74. The summed E-state index contributed by atoms with van der Waals surface area (Å²) >= 11 is 0. The maximum absolute atomic E-state index is 12.5. The molecule has 4 rings (SSSR count). The minimum Gasteiger partial charge on any atom is -0.484 e. The second kappa shape index (κ2) is 6.38. The maximum Gasteiger partial charge on any atom is 0.327 e. The van der Waals surface area contributed by atoms with E-state index in [1.807, 2.05) is 18.2 Å². The van der Waals surface area contributed by atoms with Crippen LogP contribution in [0.3, 0.4) is 0 Å². The normalized spacial score (nSPS) is 25.7. The maximum atomic E-state index is 12.5. The van der Waals surface area contributed by atoms with Crippen molar-refractivity contribution in [2.24, 2.45) is 0 Å². The van der Waals surface area contributed by atoms with Crippen LogP contribution in [-0.4, -0.2) is 70.9 Å². The van der Waals surface area contributed by atoms with Gasteiger partial charge in [-0.05, 0) is 31.4 Å². The van der Waals surface area contributed by atoms with E-state index in [-0.39, 0.29) is 36.5 Å². The van der Waals surface area contributed by atoms with Gasteiger partial charge in [0, 0.05) is 19.6 Å². The van der Waals surface area contributed by atoms with Crippen LogP contribution in [0.1, 0.15) is 19.3 Å². The Kier molecular flexibility index (Phi) is 4.07. The third kappa shape index (κ3) is 2.83. The SMILES string of the molecule is O=C(COc1ccccc1)N1CC[C@H](N2C(=O)[C@H]3CCCN3C2=O)C1. The molecule has 1 aromatic rings. The molecule has 3 saturated heterocycles. The lowest BCUT2D eigenvalue weighted by Crippen LogP contribution is -2.44. The van der Waals surface area contributed by atoms with Crippen LogP contribution in [0.5, 0.6) is 5.75 Å². The molecule has 3 fully saturated rings. The zero-order chi connectivity index (χ0) is 17.4. The summed E-state index contributed by atoms with van der Waals surface area (Å²) in [5.41, 5.74) is 0. The van der Waals surface area contributed by atoms with Crippen LogP contribution in [0.15, 0.2) is 30.3 Å². The minimum absolute atomic E-state index is 0.0343. The molecule has 2 atom stereocenters. The Balaban J connectivity index is 1.34. The number of benzene rings is 1. The number of nitrogens with zero attached hydrogens (tertiary/aromatic N) is 3. The third-order valence-electron chi connectivity index (χ3n) is 5.21. The van der Waals surface area contributed by atoms with E-state index < -0.39 is 0 Å². The molecule has 0 aromatic heterocycles. The molecule has 0 N–H and O–H groups in total. The summed E-state index contributed by atoms with van der Waals surface area (Å²) in [6.07, 6.45) is 2.28. The number of carbonyl (C=O) groups is 3. The monoisotopic (exact) mass is 343 g/mol. The molecule has 25 heavy (non-hydrogen) atoms. The molecular formula is C18H21N3O4. The van der Waals surface area contributed by atoms with Gasteiger partial charge >= 0.3 is 6.03 Å². The highest BCUT2D eigenvalue weighted by Gasteiger charge is 2.51. The van der Waals surface area contributed by atoms with E-state index >= 15 is 0 Å². The second-order valence-corrected chi connectivity index (χ2v) is 6.73. The van der Waals surface area contributed by atoms with Crippen LogP contribution in [0.4, 0.5) is 4.79 Å². The van der Waals surface area contributed by atoms with E-state index in [0.717, 1.165) is 12.8 Å². The molecular weight excluding hydrogens is 322 g/mol. The number of carbonyl (C=O) groups excluding carboxylic acids is 3. The van der Waals surface area contributed by atoms with Gasteiger partial charge < -0.3 is 14.5 Å². The molecule has 0 saturated carbocycles. The molecule has 0 spiro atoms. The van der Waals surface area contributed by atoms with Crippen molar-refractivity contribution in [1.82, 2.24) is 14.7 Å². The summed E-state index contributed by atoms with van der Waals surface area (Å²) in [5, 5.41) is 0. The van der Waals surface area contributed by atoms with Gasteiger partial charge in [0.05, 0.1) is 6.04 Å². The van der Waals surface area contributed by atoms with Crippen molar-refractivity contribution >= 4 is 17.8 Å². The van der Waals surface area contributed by atoms with Crippen molar-refractivity contribution in [1.29, 1.82) is 0 Å². The van der Waals surface area contributed by atoms with Gasteiger partial charge in [0.15, 0.2) is 6.61 Å². The number of urea groups is 1. The van der Waals surface area contributed by atoms with Gasteiger partial charge in [0.2, 0.25) is 0 Å². The van der Waals surface area contributed by atoms with E-state index in [1.165, 1.54) is 4.90 Å². The molecule has 3 heterocycles. The van der Waals surface area contributed by atoms with E-state index in [9.17, 15) is 14.4 Å². The van der Waals surface area contributed by atoms with Gasteiger partial charge in [-0.3, -0.25) is 14.5 Å². The lowest BCUT2D eigenvalue weighted by atomic mass is 10.2. The number of fused-ring (bicyclic) bond motifs is 1. The molecule has 4 amide bonds. The summed E-state index contributed by atoms with van der Waals surface area (Å²) in [7, 11) is 0. The zero-order valence-electron chi connectivity index (χ0n) is 14.0. The molecule has 0 aliphatic carbocycles. The van der Waals surface area contributed by atoms with Crippen molar-refractivity contribution in [3.05, 3.63) is 30.3 Å². The van der Waals surface area contributed by atoms with Crippen molar-refractivity contribution in [3.8, 4) is 5.75 Å². The third-order valence-corrected chi connectivity index (χ3v) is 5.21. The molecule has 3 aliphatic heterocycles. The number of para-hydroxylation sites is 1. The van der Waals surface area contributed by atoms with Crippen LogP contribution in [-0.2, 0) is 9.59 Å². The lowest BCUT2D eigenvalue weighted by Gasteiger charge is -2.23. The summed E-state index contributed by atoms with van der Waals surface area (Å²) in [6.45, 7) is 1.57. The van der Waals surface area contributed by atoms with Crippen LogP contribution in [0, 0.1) is 0 Å². The predicted molar refractivity (Wildman–Crippen MR) is 88.9 cm³/mol. The Bertz CT molecular complexity index is 671. The topological polar surface area (TPSA) is 70.2 Å². The van der Waals surface area contributed by atoms with Crippen LogP contribution in [0.25, 0.3) is 0 Å². The Labute approximate surface area is 146 Å². The first-order valence-electron chi connectivity index (χ1n) is 8.74. The first kappa shape index (κ1) is 15.9.